The molecule has 0 bridgehead atoms. The molecule has 1 rings (SSSR count). The summed E-state index contributed by atoms with van der Waals surface area (Å²) in [6, 6.07) is 0.535. The van der Waals surface area contributed by atoms with Crippen molar-refractivity contribution in [2.45, 2.75) is 52.0 Å². The highest BCUT2D eigenvalue weighted by molar-refractivity contribution is 4.79. The third-order valence-corrected chi connectivity index (χ3v) is 3.83. The van der Waals surface area contributed by atoms with Gasteiger partial charge in [-0.2, -0.15) is 0 Å². The molecule has 15 heavy (non-hydrogen) atoms. The molecule has 1 unspecified atom stereocenters. The summed E-state index contributed by atoms with van der Waals surface area (Å²) in [5, 5.41) is 0. The van der Waals surface area contributed by atoms with E-state index in [1.54, 1.807) is 0 Å². The van der Waals surface area contributed by atoms with Crippen LogP contribution in [0, 0.1) is 5.92 Å². The summed E-state index contributed by atoms with van der Waals surface area (Å²) >= 11 is 0. The zero-order valence-corrected chi connectivity index (χ0v) is 10.3. The monoisotopic (exact) mass is 213 g/mol. The summed E-state index contributed by atoms with van der Waals surface area (Å²) < 4.78 is 0. The Morgan fingerprint density at radius 2 is 1.87 bits per heavy atom. The van der Waals surface area contributed by atoms with Gasteiger partial charge in [0.2, 0.25) is 0 Å². The van der Waals surface area contributed by atoms with Gasteiger partial charge in [-0.25, -0.2) is 0 Å². The highest BCUT2D eigenvalue weighted by Crippen LogP contribution is 2.28. The molecule has 3 nitrogen and oxygen atoms in total. The van der Waals surface area contributed by atoms with Gasteiger partial charge < -0.3 is 4.90 Å². The largest absolute Gasteiger partial charge is 0.304 e. The van der Waals surface area contributed by atoms with Crippen LogP contribution in [0.15, 0.2) is 0 Å². The van der Waals surface area contributed by atoms with E-state index in [2.05, 4.69) is 24.2 Å². The molecule has 1 saturated carbocycles. The number of nitrogens with zero attached hydrogens (tertiary/aromatic N) is 1. The summed E-state index contributed by atoms with van der Waals surface area (Å²) in [7, 11) is 0. The normalized spacial score (nSPS) is 20.0. The Bertz CT molecular complexity index is 151. The Balaban J connectivity index is 2.26. The van der Waals surface area contributed by atoms with E-state index >= 15 is 0 Å². The predicted molar refractivity (Wildman–Crippen MR) is 65.5 cm³/mol. The first kappa shape index (κ1) is 12.9. The predicted octanol–water partition coefficient (Wildman–Crippen LogP) is 1.74. The van der Waals surface area contributed by atoms with Crippen LogP contribution < -0.4 is 11.3 Å². The number of nitrogens with one attached hydrogen (secondary N) is 1. The SMILES string of the molecule is CCN(CC)CCC(NN)C1CCCC1. The molecule has 0 spiro atoms. The van der Waals surface area contributed by atoms with Gasteiger partial charge in [0.25, 0.3) is 0 Å². The second-order valence-corrected chi connectivity index (χ2v) is 4.63. The van der Waals surface area contributed by atoms with Crippen molar-refractivity contribution in [3.63, 3.8) is 0 Å². The third-order valence-electron chi connectivity index (χ3n) is 3.83. The van der Waals surface area contributed by atoms with E-state index < -0.39 is 0 Å². The molecule has 1 aliphatic carbocycles. The van der Waals surface area contributed by atoms with Crippen LogP contribution in [0.4, 0.5) is 0 Å². The van der Waals surface area contributed by atoms with Crippen LogP contribution in [0.5, 0.6) is 0 Å². The second-order valence-electron chi connectivity index (χ2n) is 4.63. The number of hydrogen-bond donors (Lipinski definition) is 2. The summed E-state index contributed by atoms with van der Waals surface area (Å²) in [6.45, 7) is 7.93. The zero-order valence-electron chi connectivity index (χ0n) is 10.3. The fourth-order valence-electron chi connectivity index (χ4n) is 2.68. The fraction of sp³-hybridized carbons (Fsp3) is 1.00. The van der Waals surface area contributed by atoms with Crippen molar-refractivity contribution in [3.05, 3.63) is 0 Å². The smallest absolute Gasteiger partial charge is 0.0250 e. The molecule has 0 aromatic rings. The second kappa shape index (κ2) is 7.20. The first-order valence-electron chi connectivity index (χ1n) is 6.50. The van der Waals surface area contributed by atoms with Gasteiger partial charge in [-0.1, -0.05) is 26.7 Å². The molecule has 0 saturated heterocycles. The van der Waals surface area contributed by atoms with Crippen molar-refractivity contribution in [1.29, 1.82) is 0 Å². The molecule has 3 N–H and O–H groups in total. The van der Waals surface area contributed by atoms with E-state index in [-0.39, 0.29) is 0 Å². The third kappa shape index (κ3) is 4.09. The van der Waals surface area contributed by atoms with Crippen LogP contribution in [0.25, 0.3) is 0 Å². The molecule has 1 aliphatic rings. The van der Waals surface area contributed by atoms with Crippen LogP contribution >= 0.6 is 0 Å². The summed E-state index contributed by atoms with van der Waals surface area (Å²) in [4.78, 5) is 2.47. The number of hydrazine groups is 1. The van der Waals surface area contributed by atoms with E-state index in [0.717, 1.165) is 19.0 Å². The minimum absolute atomic E-state index is 0.535. The van der Waals surface area contributed by atoms with Crippen molar-refractivity contribution in [3.8, 4) is 0 Å². The van der Waals surface area contributed by atoms with Gasteiger partial charge in [-0.3, -0.25) is 11.3 Å². The van der Waals surface area contributed by atoms with Crippen LogP contribution in [-0.4, -0.2) is 30.6 Å². The van der Waals surface area contributed by atoms with Crippen LogP contribution in [0.3, 0.4) is 0 Å². The van der Waals surface area contributed by atoms with Crippen LogP contribution in [-0.2, 0) is 0 Å². The molecular weight excluding hydrogens is 186 g/mol. The minimum Gasteiger partial charge on any atom is -0.304 e. The van der Waals surface area contributed by atoms with Gasteiger partial charge in [0.05, 0.1) is 0 Å². The lowest BCUT2D eigenvalue weighted by atomic mass is 9.96. The number of nitrogens with two attached hydrogens (primary N) is 1. The van der Waals surface area contributed by atoms with Gasteiger partial charge in [0.15, 0.2) is 0 Å². The molecule has 0 aliphatic heterocycles. The van der Waals surface area contributed by atoms with E-state index in [9.17, 15) is 0 Å². The van der Waals surface area contributed by atoms with E-state index in [1.807, 2.05) is 0 Å². The average Bonchev–Trinajstić information content (AvgIpc) is 2.78. The lowest BCUT2D eigenvalue weighted by Crippen LogP contribution is -2.42. The summed E-state index contributed by atoms with van der Waals surface area (Å²) in [5.41, 5.74) is 3.02. The Morgan fingerprint density at radius 3 is 2.33 bits per heavy atom. The van der Waals surface area contributed by atoms with E-state index in [4.69, 9.17) is 5.84 Å². The molecule has 90 valence electrons. The molecule has 0 heterocycles. The Morgan fingerprint density at radius 1 is 1.27 bits per heavy atom. The highest BCUT2D eigenvalue weighted by atomic mass is 15.2. The number of hydrogen-bond acceptors (Lipinski definition) is 3. The van der Waals surface area contributed by atoms with Gasteiger partial charge >= 0.3 is 0 Å². The van der Waals surface area contributed by atoms with Gasteiger partial charge in [-0.15, -0.1) is 0 Å². The lowest BCUT2D eigenvalue weighted by Gasteiger charge is -2.26. The maximum atomic E-state index is 5.65. The van der Waals surface area contributed by atoms with Gasteiger partial charge in [0, 0.05) is 6.04 Å². The molecule has 0 aromatic carbocycles. The molecule has 0 amide bonds. The van der Waals surface area contributed by atoms with Gasteiger partial charge in [-0.05, 0) is 44.8 Å². The minimum atomic E-state index is 0.535. The molecule has 0 radical (unpaired) electrons. The highest BCUT2D eigenvalue weighted by Gasteiger charge is 2.23. The lowest BCUT2D eigenvalue weighted by molar-refractivity contribution is 0.254. The van der Waals surface area contributed by atoms with Crippen molar-refractivity contribution >= 4 is 0 Å². The van der Waals surface area contributed by atoms with Crippen molar-refractivity contribution in [1.82, 2.24) is 10.3 Å². The molecule has 0 aromatic heterocycles. The maximum absolute atomic E-state index is 5.65. The van der Waals surface area contributed by atoms with Crippen molar-refractivity contribution < 1.29 is 0 Å². The fourth-order valence-corrected chi connectivity index (χ4v) is 2.68. The Labute approximate surface area is 94.4 Å². The van der Waals surface area contributed by atoms with E-state index in [0.29, 0.717) is 6.04 Å². The molecule has 3 heteroatoms. The molecular formula is C12H27N3. The quantitative estimate of drug-likeness (QED) is 0.500. The molecule has 1 atom stereocenters. The topological polar surface area (TPSA) is 41.3 Å². The van der Waals surface area contributed by atoms with E-state index in [1.165, 1.54) is 38.6 Å². The first-order valence-corrected chi connectivity index (χ1v) is 6.50. The maximum Gasteiger partial charge on any atom is 0.0250 e. The molecule has 1 fully saturated rings. The zero-order chi connectivity index (χ0) is 11.1. The van der Waals surface area contributed by atoms with Crippen LogP contribution in [0.2, 0.25) is 0 Å². The Kier molecular flexibility index (Phi) is 6.22. The first-order chi connectivity index (χ1) is 7.31. The summed E-state index contributed by atoms with van der Waals surface area (Å²) in [6.07, 6.45) is 6.73. The van der Waals surface area contributed by atoms with Crippen molar-refractivity contribution in [2.24, 2.45) is 11.8 Å². The van der Waals surface area contributed by atoms with Crippen LogP contribution in [0.1, 0.15) is 46.0 Å². The summed E-state index contributed by atoms with van der Waals surface area (Å²) in [5.74, 6) is 6.48. The van der Waals surface area contributed by atoms with Crippen molar-refractivity contribution in [2.75, 3.05) is 19.6 Å². The standard InChI is InChI=1S/C12H27N3/c1-3-15(4-2)10-9-12(14-13)11-7-5-6-8-11/h11-12,14H,3-10,13H2,1-2H3. The Hall–Kier alpha value is -0.120. The number of rotatable bonds is 7. The average molecular weight is 213 g/mol. The van der Waals surface area contributed by atoms with Gasteiger partial charge in [0.1, 0.15) is 0 Å².